The highest BCUT2D eigenvalue weighted by Gasteiger charge is 2.28. The van der Waals surface area contributed by atoms with Crippen LogP contribution in [0.1, 0.15) is 17.5 Å². The van der Waals surface area contributed by atoms with Crippen molar-refractivity contribution in [3.05, 3.63) is 33.4 Å². The number of nitro benzene ring substituents is 1. The molecule has 1 aliphatic carbocycles. The van der Waals surface area contributed by atoms with Gasteiger partial charge in [0, 0.05) is 23.2 Å². The van der Waals surface area contributed by atoms with Crippen LogP contribution in [0, 0.1) is 10.1 Å². The Morgan fingerprint density at radius 3 is 2.67 bits per heavy atom. The van der Waals surface area contributed by atoms with Crippen LogP contribution in [0.2, 0.25) is 0 Å². The molecule has 0 heterocycles. The maximum atomic E-state index is 11.0. The van der Waals surface area contributed by atoms with Crippen molar-refractivity contribution in [2.24, 2.45) is 0 Å². The zero-order valence-corrected chi connectivity index (χ0v) is 11.0. The Balaban J connectivity index is 2.47. The highest BCUT2D eigenvalue weighted by Crippen LogP contribution is 2.36. The van der Waals surface area contributed by atoms with E-state index in [-0.39, 0.29) is 10.6 Å². The SMILES string of the molecule is COc1ccc([N+](=O)[O-])c2c1C[C@@H](N(C)C)CC2. The fourth-order valence-electron chi connectivity index (χ4n) is 2.61. The van der Waals surface area contributed by atoms with E-state index in [9.17, 15) is 10.1 Å². The zero-order chi connectivity index (χ0) is 13.3. The standard InChI is InChI=1S/C13H18N2O3/c1-14(2)9-4-5-10-11(8-9)13(18-3)7-6-12(10)15(16)17/h6-7,9H,4-5,8H2,1-3H3/t9-/m0/s1. The number of nitro groups is 1. The molecule has 5 nitrogen and oxygen atoms in total. The third-order valence-corrected chi connectivity index (χ3v) is 3.68. The van der Waals surface area contributed by atoms with Gasteiger partial charge >= 0.3 is 0 Å². The molecule has 0 radical (unpaired) electrons. The Morgan fingerprint density at radius 1 is 1.39 bits per heavy atom. The molecule has 0 bridgehead atoms. The number of likely N-dealkylation sites (N-methyl/N-ethyl adjacent to an activating group) is 1. The van der Waals surface area contributed by atoms with E-state index in [2.05, 4.69) is 4.90 Å². The van der Waals surface area contributed by atoms with Crippen LogP contribution in [-0.2, 0) is 12.8 Å². The second-order valence-corrected chi connectivity index (χ2v) is 4.86. The Kier molecular flexibility index (Phi) is 3.52. The van der Waals surface area contributed by atoms with Crippen LogP contribution < -0.4 is 4.74 Å². The van der Waals surface area contributed by atoms with Crippen molar-refractivity contribution in [3.8, 4) is 5.75 Å². The third kappa shape index (κ3) is 2.18. The highest BCUT2D eigenvalue weighted by atomic mass is 16.6. The molecular weight excluding hydrogens is 232 g/mol. The van der Waals surface area contributed by atoms with Crippen LogP contribution in [-0.4, -0.2) is 37.1 Å². The molecule has 1 aromatic carbocycles. The average molecular weight is 250 g/mol. The van der Waals surface area contributed by atoms with Crippen LogP contribution in [0.3, 0.4) is 0 Å². The third-order valence-electron chi connectivity index (χ3n) is 3.68. The lowest BCUT2D eigenvalue weighted by Gasteiger charge is -2.30. The number of ether oxygens (including phenoxy) is 1. The monoisotopic (exact) mass is 250 g/mol. The molecule has 1 aromatic rings. The van der Waals surface area contributed by atoms with E-state index in [1.54, 1.807) is 19.2 Å². The van der Waals surface area contributed by atoms with Crippen LogP contribution in [0.4, 0.5) is 5.69 Å². The van der Waals surface area contributed by atoms with Crippen molar-refractivity contribution >= 4 is 5.69 Å². The average Bonchev–Trinajstić information content (AvgIpc) is 2.36. The molecule has 0 amide bonds. The second-order valence-electron chi connectivity index (χ2n) is 4.86. The zero-order valence-electron chi connectivity index (χ0n) is 11.0. The van der Waals surface area contributed by atoms with E-state index >= 15 is 0 Å². The summed E-state index contributed by atoms with van der Waals surface area (Å²) in [4.78, 5) is 12.9. The van der Waals surface area contributed by atoms with Crippen molar-refractivity contribution in [3.63, 3.8) is 0 Å². The van der Waals surface area contributed by atoms with Gasteiger partial charge in [-0.15, -0.1) is 0 Å². The second kappa shape index (κ2) is 4.94. The lowest BCUT2D eigenvalue weighted by atomic mass is 9.86. The van der Waals surface area contributed by atoms with Gasteiger partial charge < -0.3 is 9.64 Å². The van der Waals surface area contributed by atoms with E-state index in [1.807, 2.05) is 14.1 Å². The van der Waals surface area contributed by atoms with E-state index in [4.69, 9.17) is 4.74 Å². The summed E-state index contributed by atoms with van der Waals surface area (Å²) >= 11 is 0. The molecule has 0 saturated heterocycles. The summed E-state index contributed by atoms with van der Waals surface area (Å²) in [5.41, 5.74) is 2.07. The molecule has 1 aliphatic rings. The van der Waals surface area contributed by atoms with Gasteiger partial charge in [0.1, 0.15) is 5.75 Å². The van der Waals surface area contributed by atoms with Gasteiger partial charge in [0.15, 0.2) is 0 Å². The lowest BCUT2D eigenvalue weighted by Crippen LogP contribution is -2.33. The number of hydrogen-bond donors (Lipinski definition) is 0. The molecule has 0 unspecified atom stereocenters. The summed E-state index contributed by atoms with van der Waals surface area (Å²) in [5, 5.41) is 11.0. The van der Waals surface area contributed by atoms with Crippen molar-refractivity contribution in [1.82, 2.24) is 4.90 Å². The van der Waals surface area contributed by atoms with Crippen LogP contribution >= 0.6 is 0 Å². The maximum Gasteiger partial charge on any atom is 0.273 e. The molecular formula is C13H18N2O3. The summed E-state index contributed by atoms with van der Waals surface area (Å²) in [6, 6.07) is 3.68. The number of hydrogen-bond acceptors (Lipinski definition) is 4. The van der Waals surface area contributed by atoms with E-state index in [0.717, 1.165) is 36.1 Å². The van der Waals surface area contributed by atoms with Crippen molar-refractivity contribution in [2.75, 3.05) is 21.2 Å². The van der Waals surface area contributed by atoms with Gasteiger partial charge in [0.25, 0.3) is 5.69 Å². The largest absolute Gasteiger partial charge is 0.496 e. The number of fused-ring (bicyclic) bond motifs is 1. The van der Waals surface area contributed by atoms with Crippen molar-refractivity contribution in [1.29, 1.82) is 0 Å². The first-order chi connectivity index (χ1) is 8.54. The number of rotatable bonds is 3. The Hall–Kier alpha value is -1.62. The molecule has 5 heteroatoms. The smallest absolute Gasteiger partial charge is 0.273 e. The molecule has 0 spiro atoms. The maximum absolute atomic E-state index is 11.0. The van der Waals surface area contributed by atoms with Crippen molar-refractivity contribution < 1.29 is 9.66 Å². The summed E-state index contributed by atoms with van der Waals surface area (Å²) in [5.74, 6) is 0.766. The molecule has 0 fully saturated rings. The molecule has 0 saturated carbocycles. The molecule has 0 N–H and O–H groups in total. The van der Waals surface area contributed by atoms with Gasteiger partial charge in [0.2, 0.25) is 0 Å². The fraction of sp³-hybridized carbons (Fsp3) is 0.538. The summed E-state index contributed by atoms with van der Waals surface area (Å²) in [6.07, 6.45) is 2.51. The minimum Gasteiger partial charge on any atom is -0.496 e. The van der Waals surface area contributed by atoms with Gasteiger partial charge in [-0.1, -0.05) is 0 Å². The number of nitrogens with zero attached hydrogens (tertiary/aromatic N) is 2. The normalized spacial score (nSPS) is 18.6. The summed E-state index contributed by atoms with van der Waals surface area (Å²) in [6.45, 7) is 0. The van der Waals surface area contributed by atoms with Gasteiger partial charge in [-0.2, -0.15) is 0 Å². The Bertz CT molecular complexity index is 472. The highest BCUT2D eigenvalue weighted by molar-refractivity contribution is 5.54. The first-order valence-electron chi connectivity index (χ1n) is 6.04. The van der Waals surface area contributed by atoms with E-state index in [1.165, 1.54) is 0 Å². The van der Waals surface area contributed by atoms with Crippen molar-refractivity contribution in [2.45, 2.75) is 25.3 Å². The predicted molar refractivity (Wildman–Crippen MR) is 69.1 cm³/mol. The first-order valence-corrected chi connectivity index (χ1v) is 6.04. The van der Waals surface area contributed by atoms with Gasteiger partial charge in [-0.3, -0.25) is 10.1 Å². The quantitative estimate of drug-likeness (QED) is 0.608. The number of benzene rings is 1. The molecule has 0 aliphatic heterocycles. The van der Waals surface area contributed by atoms with Gasteiger partial charge in [0.05, 0.1) is 12.0 Å². The Labute approximate surface area is 107 Å². The molecule has 0 aromatic heterocycles. The fourth-order valence-corrected chi connectivity index (χ4v) is 2.61. The minimum absolute atomic E-state index is 0.225. The molecule has 98 valence electrons. The minimum atomic E-state index is -0.297. The topological polar surface area (TPSA) is 55.6 Å². The number of methoxy groups -OCH3 is 1. The van der Waals surface area contributed by atoms with E-state index < -0.39 is 0 Å². The lowest BCUT2D eigenvalue weighted by molar-refractivity contribution is -0.385. The van der Waals surface area contributed by atoms with E-state index in [0.29, 0.717) is 6.04 Å². The molecule has 1 atom stereocenters. The summed E-state index contributed by atoms with van der Waals surface area (Å²) in [7, 11) is 5.69. The van der Waals surface area contributed by atoms with Gasteiger partial charge in [-0.25, -0.2) is 0 Å². The Morgan fingerprint density at radius 2 is 2.11 bits per heavy atom. The van der Waals surface area contributed by atoms with Gasteiger partial charge in [-0.05, 0) is 39.4 Å². The van der Waals surface area contributed by atoms with Crippen LogP contribution in [0.5, 0.6) is 5.75 Å². The summed E-state index contributed by atoms with van der Waals surface area (Å²) < 4.78 is 5.33. The molecule has 18 heavy (non-hydrogen) atoms. The van der Waals surface area contributed by atoms with Crippen LogP contribution in [0.25, 0.3) is 0 Å². The molecule has 2 rings (SSSR count). The first kappa shape index (κ1) is 12.8. The predicted octanol–water partition coefficient (Wildman–Crippen LogP) is 2.02. The van der Waals surface area contributed by atoms with Crippen LogP contribution in [0.15, 0.2) is 12.1 Å².